The lowest BCUT2D eigenvalue weighted by Crippen LogP contribution is -2.50. The fourth-order valence-electron chi connectivity index (χ4n) is 4.63. The molecule has 2 aromatic rings. The number of hydrogen-bond donors (Lipinski definition) is 0. The van der Waals surface area contributed by atoms with Gasteiger partial charge in [-0.05, 0) is 71.2 Å². The second-order valence-corrected chi connectivity index (χ2v) is 10.1. The van der Waals surface area contributed by atoms with Gasteiger partial charge in [-0.3, -0.25) is 0 Å². The molecule has 1 aromatic carbocycles. The van der Waals surface area contributed by atoms with E-state index >= 15 is 0 Å². The molecule has 2 aliphatic rings. The van der Waals surface area contributed by atoms with Crippen LogP contribution in [0.1, 0.15) is 60.3 Å². The molecule has 0 spiro atoms. The predicted molar refractivity (Wildman–Crippen MR) is 124 cm³/mol. The van der Waals surface area contributed by atoms with E-state index in [0.29, 0.717) is 5.88 Å². The van der Waals surface area contributed by atoms with Crippen LogP contribution in [0.2, 0.25) is 0 Å². The molecule has 0 saturated carbocycles. The molecular weight excluding hydrogens is 404 g/mol. The van der Waals surface area contributed by atoms with Crippen molar-refractivity contribution in [3.63, 3.8) is 0 Å². The summed E-state index contributed by atoms with van der Waals surface area (Å²) >= 11 is 0. The molecule has 6 heteroatoms. The van der Waals surface area contributed by atoms with Crippen LogP contribution in [-0.4, -0.2) is 45.9 Å². The van der Waals surface area contributed by atoms with E-state index in [0.717, 1.165) is 42.6 Å². The number of ether oxygens (including phenoxy) is 3. The van der Waals surface area contributed by atoms with Crippen LogP contribution in [0.5, 0.6) is 11.6 Å². The van der Waals surface area contributed by atoms with Crippen molar-refractivity contribution in [3.8, 4) is 22.8 Å². The van der Waals surface area contributed by atoms with Gasteiger partial charge in [0.15, 0.2) is 0 Å². The summed E-state index contributed by atoms with van der Waals surface area (Å²) in [4.78, 5) is 19.1. The van der Waals surface area contributed by atoms with E-state index < -0.39 is 5.60 Å². The van der Waals surface area contributed by atoms with Crippen LogP contribution in [0.4, 0.5) is 4.79 Å². The molecule has 2 aliphatic heterocycles. The van der Waals surface area contributed by atoms with Gasteiger partial charge in [-0.15, -0.1) is 0 Å². The topological polar surface area (TPSA) is 60.9 Å². The maximum absolute atomic E-state index is 12.6. The molecule has 32 heavy (non-hydrogen) atoms. The standard InChI is InChI=1S/C26H34N2O4/c1-17(2)30-22-11-6-18(7-12-22)19-8-13-24(27-16-19)31-23-14-20-9-10-21(15-23)28(20)25(29)32-26(3,4)5/h6-8,11-13,16-17,20-21,23H,9-10,14-15H2,1-5H3/t20-,21+,23?. The third kappa shape index (κ3) is 5.34. The second kappa shape index (κ2) is 9.00. The van der Waals surface area contributed by atoms with Gasteiger partial charge in [0.05, 0.1) is 6.10 Å². The van der Waals surface area contributed by atoms with Crippen molar-refractivity contribution in [1.29, 1.82) is 0 Å². The van der Waals surface area contributed by atoms with Gasteiger partial charge in [0.1, 0.15) is 17.5 Å². The molecule has 2 saturated heterocycles. The Balaban J connectivity index is 1.35. The van der Waals surface area contributed by atoms with Crippen molar-refractivity contribution in [2.75, 3.05) is 0 Å². The zero-order valence-corrected chi connectivity index (χ0v) is 19.7. The Kier molecular flexibility index (Phi) is 6.31. The number of aromatic nitrogens is 1. The molecule has 0 N–H and O–H groups in total. The molecule has 0 radical (unpaired) electrons. The zero-order chi connectivity index (χ0) is 22.9. The summed E-state index contributed by atoms with van der Waals surface area (Å²) in [6, 6.07) is 12.4. The molecule has 6 nitrogen and oxygen atoms in total. The maximum Gasteiger partial charge on any atom is 0.410 e. The fraction of sp³-hybridized carbons (Fsp3) is 0.538. The number of carbonyl (C=O) groups is 1. The van der Waals surface area contributed by atoms with Gasteiger partial charge >= 0.3 is 6.09 Å². The van der Waals surface area contributed by atoms with Crippen LogP contribution in [0, 0.1) is 0 Å². The van der Waals surface area contributed by atoms with Gasteiger partial charge in [-0.25, -0.2) is 9.78 Å². The number of pyridine rings is 1. The molecule has 172 valence electrons. The predicted octanol–water partition coefficient (Wildman–Crippen LogP) is 5.85. The summed E-state index contributed by atoms with van der Waals surface area (Å²) in [5.74, 6) is 1.49. The van der Waals surface area contributed by atoms with E-state index in [1.165, 1.54) is 0 Å². The first-order valence-electron chi connectivity index (χ1n) is 11.6. The monoisotopic (exact) mass is 438 g/mol. The van der Waals surface area contributed by atoms with Gasteiger partial charge < -0.3 is 19.1 Å². The van der Waals surface area contributed by atoms with Crippen LogP contribution in [0.3, 0.4) is 0 Å². The Bertz CT molecular complexity index is 904. The maximum atomic E-state index is 12.6. The van der Waals surface area contributed by atoms with Crippen LogP contribution in [-0.2, 0) is 4.74 Å². The van der Waals surface area contributed by atoms with Crippen LogP contribution < -0.4 is 9.47 Å². The fourth-order valence-corrected chi connectivity index (χ4v) is 4.63. The number of piperidine rings is 1. The molecule has 2 bridgehead atoms. The third-order valence-electron chi connectivity index (χ3n) is 5.88. The minimum atomic E-state index is -0.475. The Morgan fingerprint density at radius 2 is 1.62 bits per heavy atom. The number of fused-ring (bicyclic) bond motifs is 2. The highest BCUT2D eigenvalue weighted by atomic mass is 16.6. The van der Waals surface area contributed by atoms with Crippen molar-refractivity contribution in [2.45, 2.75) is 90.2 Å². The molecule has 1 aromatic heterocycles. The summed E-state index contributed by atoms with van der Waals surface area (Å²) in [5, 5.41) is 0. The third-order valence-corrected chi connectivity index (χ3v) is 5.88. The Morgan fingerprint density at radius 1 is 1.00 bits per heavy atom. The van der Waals surface area contributed by atoms with E-state index in [9.17, 15) is 4.79 Å². The number of amides is 1. The summed E-state index contributed by atoms with van der Waals surface area (Å²) in [7, 11) is 0. The first-order valence-corrected chi connectivity index (χ1v) is 11.6. The van der Waals surface area contributed by atoms with Gasteiger partial charge in [-0.1, -0.05) is 12.1 Å². The number of hydrogen-bond acceptors (Lipinski definition) is 5. The Morgan fingerprint density at radius 3 is 2.16 bits per heavy atom. The van der Waals surface area contributed by atoms with Crippen LogP contribution in [0.15, 0.2) is 42.6 Å². The van der Waals surface area contributed by atoms with Crippen molar-refractivity contribution in [2.24, 2.45) is 0 Å². The summed E-state index contributed by atoms with van der Waals surface area (Å²) < 4.78 is 17.5. The number of rotatable bonds is 5. The smallest absolute Gasteiger partial charge is 0.410 e. The summed E-state index contributed by atoms with van der Waals surface area (Å²) in [6.45, 7) is 9.76. The highest BCUT2D eigenvalue weighted by Crippen LogP contribution is 2.38. The molecule has 4 rings (SSSR count). The minimum absolute atomic E-state index is 0.0667. The highest BCUT2D eigenvalue weighted by Gasteiger charge is 2.45. The van der Waals surface area contributed by atoms with Gasteiger partial charge in [-0.2, -0.15) is 0 Å². The van der Waals surface area contributed by atoms with E-state index in [4.69, 9.17) is 14.2 Å². The van der Waals surface area contributed by atoms with Gasteiger partial charge in [0, 0.05) is 42.8 Å². The SMILES string of the molecule is CC(C)Oc1ccc(-c2ccc(OC3C[C@H]4CC[C@@H](C3)N4C(=O)OC(C)(C)C)nc2)cc1. The highest BCUT2D eigenvalue weighted by molar-refractivity contribution is 5.69. The van der Waals surface area contributed by atoms with Crippen molar-refractivity contribution in [1.82, 2.24) is 9.88 Å². The molecule has 3 heterocycles. The second-order valence-electron chi connectivity index (χ2n) is 10.1. The molecule has 0 aliphatic carbocycles. The van der Waals surface area contributed by atoms with Crippen LogP contribution >= 0.6 is 0 Å². The lowest BCUT2D eigenvalue weighted by molar-refractivity contribution is -0.00759. The Hall–Kier alpha value is -2.76. The first kappa shape index (κ1) is 22.4. The van der Waals surface area contributed by atoms with Crippen molar-refractivity contribution >= 4 is 6.09 Å². The molecule has 2 fully saturated rings. The molecular formula is C26H34N2O4. The zero-order valence-electron chi connectivity index (χ0n) is 19.7. The van der Waals surface area contributed by atoms with Gasteiger partial charge in [0.2, 0.25) is 5.88 Å². The molecule has 1 amide bonds. The largest absolute Gasteiger partial charge is 0.491 e. The van der Waals surface area contributed by atoms with E-state index in [-0.39, 0.29) is 30.4 Å². The minimum Gasteiger partial charge on any atom is -0.491 e. The van der Waals surface area contributed by atoms with Gasteiger partial charge in [0.25, 0.3) is 0 Å². The molecule has 3 atom stereocenters. The summed E-state index contributed by atoms with van der Waals surface area (Å²) in [6.07, 6.45) is 5.52. The van der Waals surface area contributed by atoms with Crippen molar-refractivity contribution in [3.05, 3.63) is 42.6 Å². The quantitative estimate of drug-likeness (QED) is 0.586. The number of benzene rings is 1. The number of nitrogens with zero attached hydrogens (tertiary/aromatic N) is 2. The van der Waals surface area contributed by atoms with E-state index in [1.54, 1.807) is 0 Å². The van der Waals surface area contributed by atoms with Crippen LogP contribution in [0.25, 0.3) is 11.1 Å². The van der Waals surface area contributed by atoms with E-state index in [2.05, 4.69) is 4.98 Å². The normalized spacial score (nSPS) is 22.7. The average molecular weight is 439 g/mol. The van der Waals surface area contributed by atoms with E-state index in [1.807, 2.05) is 82.1 Å². The first-order chi connectivity index (χ1) is 15.2. The summed E-state index contributed by atoms with van der Waals surface area (Å²) in [5.41, 5.74) is 1.65. The Labute approximate surface area is 190 Å². The van der Waals surface area contributed by atoms with Crippen molar-refractivity contribution < 1.29 is 19.0 Å². The lowest BCUT2D eigenvalue weighted by Gasteiger charge is -2.39. The lowest BCUT2D eigenvalue weighted by atomic mass is 10.00. The molecule has 1 unspecified atom stereocenters. The average Bonchev–Trinajstić information content (AvgIpc) is 2.99. The number of carbonyl (C=O) groups excluding carboxylic acids is 1.